The van der Waals surface area contributed by atoms with E-state index in [9.17, 15) is 4.79 Å². The molecule has 0 unspecified atom stereocenters. The van der Waals surface area contributed by atoms with Crippen molar-refractivity contribution in [2.24, 2.45) is 0 Å². The second-order valence-corrected chi connectivity index (χ2v) is 4.66. The molecule has 0 saturated carbocycles. The van der Waals surface area contributed by atoms with Gasteiger partial charge in [-0.1, -0.05) is 23.7 Å². The first-order valence-corrected chi connectivity index (χ1v) is 6.41. The second kappa shape index (κ2) is 5.06. The van der Waals surface area contributed by atoms with Crippen molar-refractivity contribution in [3.05, 3.63) is 47.2 Å². The van der Waals surface area contributed by atoms with E-state index >= 15 is 0 Å². The molecule has 6 nitrogen and oxygen atoms in total. The van der Waals surface area contributed by atoms with Gasteiger partial charge in [0.15, 0.2) is 11.3 Å². The minimum Gasteiger partial charge on any atom is -0.496 e. The number of hydrogen-bond acceptors (Lipinski definition) is 4. The quantitative estimate of drug-likeness (QED) is 0.753. The third-order valence-electron chi connectivity index (χ3n) is 2.99. The third-order valence-corrected chi connectivity index (χ3v) is 3.25. The van der Waals surface area contributed by atoms with Gasteiger partial charge >= 0.3 is 5.97 Å². The summed E-state index contributed by atoms with van der Waals surface area (Å²) in [5.74, 6) is -0.477. The Morgan fingerprint density at radius 1 is 1.33 bits per heavy atom. The van der Waals surface area contributed by atoms with Crippen LogP contribution in [0.2, 0.25) is 5.15 Å². The Morgan fingerprint density at radius 2 is 2.10 bits per heavy atom. The lowest BCUT2D eigenvalue weighted by atomic mass is 10.1. The summed E-state index contributed by atoms with van der Waals surface area (Å²) in [6, 6.07) is 10.3. The van der Waals surface area contributed by atoms with Crippen molar-refractivity contribution in [1.82, 2.24) is 14.6 Å². The van der Waals surface area contributed by atoms with Crippen LogP contribution in [0.1, 0.15) is 10.5 Å². The molecule has 106 valence electrons. The molecule has 7 heteroatoms. The van der Waals surface area contributed by atoms with E-state index in [0.29, 0.717) is 17.1 Å². The molecular formula is C14H10ClN3O3. The summed E-state index contributed by atoms with van der Waals surface area (Å²) in [5, 5.41) is 13.5. The number of aromatic nitrogens is 3. The van der Waals surface area contributed by atoms with Crippen molar-refractivity contribution in [3.63, 3.8) is 0 Å². The van der Waals surface area contributed by atoms with Gasteiger partial charge in [0.2, 0.25) is 0 Å². The highest BCUT2D eigenvalue weighted by Gasteiger charge is 2.14. The Hall–Kier alpha value is -2.60. The fourth-order valence-corrected chi connectivity index (χ4v) is 2.26. The predicted molar refractivity (Wildman–Crippen MR) is 76.9 cm³/mol. The zero-order valence-electron chi connectivity index (χ0n) is 10.9. The Labute approximate surface area is 124 Å². The number of rotatable bonds is 3. The van der Waals surface area contributed by atoms with E-state index in [1.807, 2.05) is 24.3 Å². The monoisotopic (exact) mass is 303 g/mol. The molecule has 0 bridgehead atoms. The van der Waals surface area contributed by atoms with Crippen LogP contribution in [0.3, 0.4) is 0 Å². The molecule has 1 aromatic carbocycles. The van der Waals surface area contributed by atoms with Gasteiger partial charge in [-0.15, -0.1) is 0 Å². The molecule has 3 rings (SSSR count). The highest BCUT2D eigenvalue weighted by Crippen LogP contribution is 2.29. The molecule has 0 aliphatic carbocycles. The Morgan fingerprint density at radius 3 is 2.81 bits per heavy atom. The number of halogens is 1. The van der Waals surface area contributed by atoms with Gasteiger partial charge in [0, 0.05) is 17.7 Å². The summed E-state index contributed by atoms with van der Waals surface area (Å²) in [5.41, 5.74) is 1.61. The van der Waals surface area contributed by atoms with E-state index in [2.05, 4.69) is 10.1 Å². The van der Waals surface area contributed by atoms with E-state index in [-0.39, 0.29) is 10.8 Å². The van der Waals surface area contributed by atoms with Gasteiger partial charge in [-0.25, -0.2) is 14.3 Å². The van der Waals surface area contributed by atoms with Crippen molar-refractivity contribution >= 4 is 23.2 Å². The van der Waals surface area contributed by atoms with Crippen LogP contribution in [0, 0.1) is 0 Å². The van der Waals surface area contributed by atoms with Gasteiger partial charge in [0.05, 0.1) is 12.8 Å². The average Bonchev–Trinajstić information content (AvgIpc) is 2.91. The molecule has 0 spiro atoms. The third kappa shape index (κ3) is 2.30. The van der Waals surface area contributed by atoms with Crippen molar-refractivity contribution in [2.45, 2.75) is 0 Å². The lowest BCUT2D eigenvalue weighted by Crippen LogP contribution is -2.03. The Balaban J connectivity index is 2.21. The highest BCUT2D eigenvalue weighted by atomic mass is 35.5. The molecule has 0 fully saturated rings. The van der Waals surface area contributed by atoms with Crippen LogP contribution < -0.4 is 4.74 Å². The maximum Gasteiger partial charge on any atom is 0.354 e. The van der Waals surface area contributed by atoms with Crippen LogP contribution in [0.5, 0.6) is 5.75 Å². The maximum absolute atomic E-state index is 11.0. The van der Waals surface area contributed by atoms with Crippen LogP contribution in [0.25, 0.3) is 16.9 Å². The summed E-state index contributed by atoms with van der Waals surface area (Å²) in [6.07, 6.45) is 0. The average molecular weight is 304 g/mol. The van der Waals surface area contributed by atoms with Crippen molar-refractivity contribution in [1.29, 1.82) is 0 Å². The lowest BCUT2D eigenvalue weighted by Gasteiger charge is -2.04. The van der Waals surface area contributed by atoms with Crippen molar-refractivity contribution in [3.8, 4) is 17.0 Å². The molecule has 0 aliphatic rings. The number of ether oxygens (including phenoxy) is 1. The first kappa shape index (κ1) is 13.4. The number of hydrogen-bond donors (Lipinski definition) is 1. The number of carboxylic acids is 1. The molecular weight excluding hydrogens is 294 g/mol. The van der Waals surface area contributed by atoms with Crippen LogP contribution in [0.4, 0.5) is 0 Å². The molecule has 2 heterocycles. The predicted octanol–water partition coefficient (Wildman–Crippen LogP) is 2.76. The van der Waals surface area contributed by atoms with E-state index in [1.165, 1.54) is 10.6 Å². The summed E-state index contributed by atoms with van der Waals surface area (Å²) >= 11 is 6.05. The van der Waals surface area contributed by atoms with E-state index in [0.717, 1.165) is 5.56 Å². The van der Waals surface area contributed by atoms with E-state index < -0.39 is 5.97 Å². The number of fused-ring (bicyclic) bond motifs is 1. The number of benzene rings is 1. The lowest BCUT2D eigenvalue weighted by molar-refractivity contribution is 0.0690. The minimum atomic E-state index is -1.14. The minimum absolute atomic E-state index is 0.126. The molecule has 0 aliphatic heterocycles. The van der Waals surface area contributed by atoms with Crippen LogP contribution in [0.15, 0.2) is 36.4 Å². The number of methoxy groups -OCH3 is 1. The zero-order valence-corrected chi connectivity index (χ0v) is 11.7. The topological polar surface area (TPSA) is 76.7 Å². The standard InChI is InChI=1S/C14H10ClN3O3/c1-21-11-5-3-2-4-8(11)9-7-13-16-10(14(19)20)6-12(15)18(13)17-9/h2-7H,1H3,(H,19,20). The number of carboxylic acid groups (broad SMARTS) is 1. The molecule has 21 heavy (non-hydrogen) atoms. The fourth-order valence-electron chi connectivity index (χ4n) is 2.04. The first-order valence-electron chi connectivity index (χ1n) is 6.03. The Kier molecular flexibility index (Phi) is 3.23. The van der Waals surface area contributed by atoms with Gasteiger partial charge in [-0.2, -0.15) is 5.10 Å². The van der Waals surface area contributed by atoms with Crippen molar-refractivity contribution in [2.75, 3.05) is 7.11 Å². The zero-order chi connectivity index (χ0) is 15.0. The van der Waals surface area contributed by atoms with E-state index in [1.54, 1.807) is 13.2 Å². The van der Waals surface area contributed by atoms with Gasteiger partial charge in [0.25, 0.3) is 0 Å². The smallest absolute Gasteiger partial charge is 0.354 e. The fraction of sp³-hybridized carbons (Fsp3) is 0.0714. The van der Waals surface area contributed by atoms with Gasteiger partial charge < -0.3 is 9.84 Å². The number of aromatic carboxylic acids is 1. The summed E-state index contributed by atoms with van der Waals surface area (Å²) in [4.78, 5) is 15.0. The first-order chi connectivity index (χ1) is 10.1. The molecule has 1 N–H and O–H groups in total. The second-order valence-electron chi connectivity index (χ2n) is 4.27. The van der Waals surface area contributed by atoms with Gasteiger partial charge in [-0.3, -0.25) is 0 Å². The van der Waals surface area contributed by atoms with Crippen molar-refractivity contribution < 1.29 is 14.6 Å². The molecule has 0 amide bonds. The van der Waals surface area contributed by atoms with Gasteiger partial charge in [0.1, 0.15) is 10.9 Å². The SMILES string of the molecule is COc1ccccc1-c1cc2nc(C(=O)O)cc(Cl)n2n1. The number of nitrogens with zero attached hydrogens (tertiary/aromatic N) is 3. The van der Waals surface area contributed by atoms with Crippen LogP contribution in [-0.2, 0) is 0 Å². The normalized spacial score (nSPS) is 10.8. The maximum atomic E-state index is 11.0. The van der Waals surface area contributed by atoms with Crippen LogP contribution >= 0.6 is 11.6 Å². The largest absolute Gasteiger partial charge is 0.496 e. The molecule has 0 atom stereocenters. The summed E-state index contributed by atoms with van der Waals surface area (Å²) in [6.45, 7) is 0. The molecule has 3 aromatic rings. The molecule has 0 saturated heterocycles. The Bertz CT molecular complexity index is 845. The number of para-hydroxylation sites is 1. The number of carbonyl (C=O) groups is 1. The summed E-state index contributed by atoms with van der Waals surface area (Å²) < 4.78 is 6.68. The summed E-state index contributed by atoms with van der Waals surface area (Å²) in [7, 11) is 1.57. The molecule has 2 aromatic heterocycles. The highest BCUT2D eigenvalue weighted by molar-refractivity contribution is 6.30. The van der Waals surface area contributed by atoms with Gasteiger partial charge in [-0.05, 0) is 12.1 Å². The van der Waals surface area contributed by atoms with E-state index in [4.69, 9.17) is 21.4 Å². The van der Waals surface area contributed by atoms with Crippen LogP contribution in [-0.4, -0.2) is 32.8 Å². The molecule has 0 radical (unpaired) electrons.